The summed E-state index contributed by atoms with van der Waals surface area (Å²) in [6.45, 7) is 16.4. The van der Waals surface area contributed by atoms with Crippen LogP contribution in [-0.4, -0.2) is 67.3 Å². The van der Waals surface area contributed by atoms with Gasteiger partial charge in [-0.3, -0.25) is 4.79 Å². The molecular weight excluding hydrogens is 632 g/mol. The van der Waals surface area contributed by atoms with Gasteiger partial charge in [-0.25, -0.2) is 18.2 Å². The summed E-state index contributed by atoms with van der Waals surface area (Å²) in [7, 11) is -2.28. The molecule has 1 fully saturated rings. The molecule has 260 valence electrons. The first-order valence-corrected chi connectivity index (χ1v) is 18.0. The Labute approximate surface area is 284 Å². The molecule has 2 aromatic carbocycles. The van der Waals surface area contributed by atoms with Crippen LogP contribution in [0.5, 0.6) is 17.4 Å². The number of anilines is 1. The lowest BCUT2D eigenvalue weighted by Crippen LogP contribution is -2.42. The van der Waals surface area contributed by atoms with Gasteiger partial charge in [-0.15, -0.1) is 0 Å². The van der Waals surface area contributed by atoms with Gasteiger partial charge >= 0.3 is 6.09 Å². The number of nitrogens with zero attached hydrogens (tertiary/aromatic N) is 3. The zero-order chi connectivity index (χ0) is 35.6. The van der Waals surface area contributed by atoms with E-state index in [1.165, 1.54) is 7.11 Å². The summed E-state index contributed by atoms with van der Waals surface area (Å²) in [4.78, 5) is 37.0. The largest absolute Gasteiger partial charge is 0.493 e. The number of methoxy groups -OCH3 is 1. The topological polar surface area (TPSA) is 137 Å². The second kappa shape index (κ2) is 14.1. The smallest absolute Gasteiger partial charge is 0.410 e. The zero-order valence-corrected chi connectivity index (χ0v) is 30.5. The van der Waals surface area contributed by atoms with Crippen LogP contribution >= 0.6 is 0 Å². The molecule has 1 N–H and O–H groups in total. The van der Waals surface area contributed by atoms with Crippen molar-refractivity contribution in [1.29, 1.82) is 0 Å². The summed E-state index contributed by atoms with van der Waals surface area (Å²) in [5, 5.41) is 2.86. The van der Waals surface area contributed by atoms with Crippen LogP contribution in [0.3, 0.4) is 0 Å². The van der Waals surface area contributed by atoms with Gasteiger partial charge in [0.2, 0.25) is 5.88 Å². The molecule has 12 heteroatoms. The van der Waals surface area contributed by atoms with Crippen LogP contribution in [-0.2, 0) is 26.4 Å². The van der Waals surface area contributed by atoms with Crippen molar-refractivity contribution >= 4 is 27.5 Å². The van der Waals surface area contributed by atoms with Gasteiger partial charge in [0, 0.05) is 43.1 Å². The van der Waals surface area contributed by atoms with E-state index < -0.39 is 21.3 Å². The van der Waals surface area contributed by atoms with Crippen LogP contribution in [0.1, 0.15) is 87.3 Å². The van der Waals surface area contributed by atoms with E-state index in [4.69, 9.17) is 19.2 Å². The minimum Gasteiger partial charge on any atom is -0.493 e. The standard InChI is InChI=1S/C36H48N4O7S/c1-22-11-12-25(32(41)38-27-19-26(35(3,4)5)20-29(31(27)45-9)48(10,43)44)18-28(22)46-33-23(2)21-37-30(39-33)17-24-13-15-40(16-14-24)34(42)47-36(6,7)8/h11-12,18-21,24H,13-17H2,1-10H3,(H,38,41). The van der Waals surface area contributed by atoms with E-state index in [0.717, 1.165) is 35.8 Å². The maximum atomic E-state index is 13.6. The fourth-order valence-corrected chi connectivity index (χ4v) is 6.20. The first-order chi connectivity index (χ1) is 22.2. The van der Waals surface area contributed by atoms with E-state index in [9.17, 15) is 18.0 Å². The number of likely N-dealkylation sites (tertiary alicyclic amines) is 1. The predicted octanol–water partition coefficient (Wildman–Crippen LogP) is 7.04. The third-order valence-electron chi connectivity index (χ3n) is 8.14. The summed E-state index contributed by atoms with van der Waals surface area (Å²) in [6, 6.07) is 8.43. The van der Waals surface area contributed by atoms with E-state index in [2.05, 4.69) is 10.3 Å². The molecule has 11 nitrogen and oxygen atoms in total. The molecule has 48 heavy (non-hydrogen) atoms. The highest BCUT2D eigenvalue weighted by Crippen LogP contribution is 2.38. The number of benzene rings is 2. The lowest BCUT2D eigenvalue weighted by molar-refractivity contribution is 0.0183. The molecule has 0 unspecified atom stereocenters. The van der Waals surface area contributed by atoms with Crippen LogP contribution in [0.2, 0.25) is 0 Å². The van der Waals surface area contributed by atoms with Gasteiger partial charge in [0.05, 0.1) is 12.8 Å². The third kappa shape index (κ3) is 9.24. The monoisotopic (exact) mass is 680 g/mol. The van der Waals surface area contributed by atoms with Gasteiger partial charge < -0.3 is 24.4 Å². The van der Waals surface area contributed by atoms with Crippen molar-refractivity contribution in [1.82, 2.24) is 14.9 Å². The quantitative estimate of drug-likeness (QED) is 0.266. The maximum Gasteiger partial charge on any atom is 0.410 e. The number of carbonyl (C=O) groups is 2. The molecule has 1 aromatic heterocycles. The predicted molar refractivity (Wildman–Crippen MR) is 185 cm³/mol. The highest BCUT2D eigenvalue weighted by Gasteiger charge is 2.28. The molecule has 0 spiro atoms. The Morgan fingerprint density at radius 3 is 2.25 bits per heavy atom. The Morgan fingerprint density at radius 2 is 1.67 bits per heavy atom. The van der Waals surface area contributed by atoms with Gasteiger partial charge in [-0.2, -0.15) is 4.98 Å². The molecule has 2 heterocycles. The summed E-state index contributed by atoms with van der Waals surface area (Å²) < 4.78 is 42.6. The van der Waals surface area contributed by atoms with Gasteiger partial charge in [0.15, 0.2) is 15.6 Å². The molecule has 0 aliphatic carbocycles. The van der Waals surface area contributed by atoms with Gasteiger partial charge in [0.1, 0.15) is 22.1 Å². The maximum absolute atomic E-state index is 13.6. The number of nitrogens with one attached hydrogen (secondary N) is 1. The van der Waals surface area contributed by atoms with Crippen LogP contribution < -0.4 is 14.8 Å². The SMILES string of the molecule is COc1c(NC(=O)c2ccc(C)c(Oc3nc(CC4CCN(C(=O)OC(C)(C)C)CC4)ncc3C)c2)cc(C(C)(C)C)cc1S(C)(=O)=O. The molecule has 0 saturated carbocycles. The lowest BCUT2D eigenvalue weighted by Gasteiger charge is -2.33. The number of carbonyl (C=O) groups excluding carboxylic acids is 2. The van der Waals surface area contributed by atoms with Crippen LogP contribution in [0.4, 0.5) is 10.5 Å². The number of aromatic nitrogens is 2. The molecule has 3 aromatic rings. The first kappa shape index (κ1) is 36.6. The molecular formula is C36H48N4O7S. The molecule has 2 amide bonds. The molecule has 1 aliphatic heterocycles. The molecule has 4 rings (SSSR count). The van der Waals surface area contributed by atoms with Crippen LogP contribution in [0, 0.1) is 19.8 Å². The van der Waals surface area contributed by atoms with E-state index in [1.807, 2.05) is 55.4 Å². The van der Waals surface area contributed by atoms with Crippen molar-refractivity contribution in [2.45, 2.75) is 90.6 Å². The number of sulfone groups is 1. The van der Waals surface area contributed by atoms with E-state index in [0.29, 0.717) is 48.4 Å². The molecule has 1 aliphatic rings. The highest BCUT2D eigenvalue weighted by molar-refractivity contribution is 7.90. The average molecular weight is 681 g/mol. The number of rotatable bonds is 8. The van der Waals surface area contributed by atoms with E-state index in [1.54, 1.807) is 41.4 Å². The van der Waals surface area contributed by atoms with Crippen molar-refractivity contribution in [3.8, 4) is 17.4 Å². The average Bonchev–Trinajstić information content (AvgIpc) is 2.98. The molecule has 0 radical (unpaired) electrons. The van der Waals surface area contributed by atoms with Gasteiger partial charge in [-0.05, 0) is 94.2 Å². The van der Waals surface area contributed by atoms with Crippen molar-refractivity contribution in [2.75, 3.05) is 31.8 Å². The van der Waals surface area contributed by atoms with Crippen molar-refractivity contribution < 1.29 is 32.2 Å². The zero-order valence-electron chi connectivity index (χ0n) is 29.7. The van der Waals surface area contributed by atoms with Crippen LogP contribution in [0.25, 0.3) is 0 Å². The van der Waals surface area contributed by atoms with E-state index in [-0.39, 0.29) is 27.8 Å². The summed E-state index contributed by atoms with van der Waals surface area (Å²) >= 11 is 0. The Morgan fingerprint density at radius 1 is 1.00 bits per heavy atom. The normalized spacial score (nSPS) is 14.4. The van der Waals surface area contributed by atoms with Gasteiger partial charge in [0.25, 0.3) is 5.91 Å². The minimum absolute atomic E-state index is 0.00397. The summed E-state index contributed by atoms with van der Waals surface area (Å²) in [6.07, 6.45) is 4.84. The third-order valence-corrected chi connectivity index (χ3v) is 9.24. The number of piperidine rings is 1. The summed E-state index contributed by atoms with van der Waals surface area (Å²) in [5.41, 5.74) is 1.92. The molecule has 1 saturated heterocycles. The van der Waals surface area contributed by atoms with E-state index >= 15 is 0 Å². The Bertz CT molecular complexity index is 1780. The van der Waals surface area contributed by atoms with Crippen LogP contribution in [0.15, 0.2) is 41.4 Å². The minimum atomic E-state index is -3.66. The number of hydrogen-bond donors (Lipinski definition) is 1. The molecule has 0 bridgehead atoms. The molecule has 0 atom stereocenters. The van der Waals surface area contributed by atoms with Gasteiger partial charge in [-0.1, -0.05) is 26.8 Å². The fraction of sp³-hybridized carbons (Fsp3) is 0.500. The highest BCUT2D eigenvalue weighted by atomic mass is 32.2. The number of amides is 2. The fourth-order valence-electron chi connectivity index (χ4n) is 5.33. The number of ether oxygens (including phenoxy) is 3. The number of hydrogen-bond acceptors (Lipinski definition) is 9. The number of aryl methyl sites for hydroxylation is 2. The van der Waals surface area contributed by atoms with Crippen molar-refractivity contribution in [2.24, 2.45) is 5.92 Å². The lowest BCUT2D eigenvalue weighted by atomic mass is 9.86. The second-order valence-corrected chi connectivity index (χ2v) is 16.5. The Hall–Kier alpha value is -4.19. The summed E-state index contributed by atoms with van der Waals surface area (Å²) in [5.74, 6) is 1.41. The Kier molecular flexibility index (Phi) is 10.8. The van der Waals surface area contributed by atoms with Crippen molar-refractivity contribution in [3.05, 3.63) is 64.6 Å². The van der Waals surface area contributed by atoms with Crippen molar-refractivity contribution in [3.63, 3.8) is 0 Å². The second-order valence-electron chi connectivity index (χ2n) is 14.5. The Balaban J connectivity index is 1.51. The first-order valence-electron chi connectivity index (χ1n) is 16.1.